The second-order valence-corrected chi connectivity index (χ2v) is 4.63. The standard InChI is InChI=1S/C10H18N2O3/c1-10(2,8(13)14)7-3-5-12(6-4-7)9(11)15/h7H,3-6H2,1-2H3,(H2,11,15)(H,13,14). The third-order valence-corrected chi connectivity index (χ3v) is 3.38. The summed E-state index contributed by atoms with van der Waals surface area (Å²) >= 11 is 0. The van der Waals surface area contributed by atoms with Crippen LogP contribution in [0.15, 0.2) is 0 Å². The van der Waals surface area contributed by atoms with Gasteiger partial charge in [0.2, 0.25) is 0 Å². The van der Waals surface area contributed by atoms with Crippen molar-refractivity contribution in [3.63, 3.8) is 0 Å². The molecule has 0 saturated carbocycles. The lowest BCUT2D eigenvalue weighted by Crippen LogP contribution is -2.46. The Bertz CT molecular complexity index is 268. The van der Waals surface area contributed by atoms with Crippen molar-refractivity contribution in [3.8, 4) is 0 Å². The van der Waals surface area contributed by atoms with E-state index in [0.29, 0.717) is 25.9 Å². The highest BCUT2D eigenvalue weighted by molar-refractivity contribution is 5.74. The summed E-state index contributed by atoms with van der Waals surface area (Å²) in [6.45, 7) is 4.60. The van der Waals surface area contributed by atoms with E-state index < -0.39 is 17.4 Å². The van der Waals surface area contributed by atoms with E-state index in [1.54, 1.807) is 18.7 Å². The van der Waals surface area contributed by atoms with Crippen molar-refractivity contribution in [3.05, 3.63) is 0 Å². The summed E-state index contributed by atoms with van der Waals surface area (Å²) in [6, 6.07) is -0.415. The number of nitrogens with zero attached hydrogens (tertiary/aromatic N) is 1. The van der Waals surface area contributed by atoms with Crippen molar-refractivity contribution >= 4 is 12.0 Å². The molecule has 5 nitrogen and oxygen atoms in total. The molecule has 0 unspecified atom stereocenters. The van der Waals surface area contributed by atoms with Crippen LogP contribution in [0.1, 0.15) is 26.7 Å². The summed E-state index contributed by atoms with van der Waals surface area (Å²) in [5.74, 6) is -0.661. The molecule has 0 aromatic heterocycles. The summed E-state index contributed by atoms with van der Waals surface area (Å²) < 4.78 is 0. The third-order valence-electron chi connectivity index (χ3n) is 3.38. The molecule has 0 radical (unpaired) electrons. The van der Waals surface area contributed by atoms with E-state index in [1.807, 2.05) is 0 Å². The number of urea groups is 1. The van der Waals surface area contributed by atoms with Crippen LogP contribution in [0.5, 0.6) is 0 Å². The van der Waals surface area contributed by atoms with Crippen LogP contribution in [0, 0.1) is 11.3 Å². The molecule has 1 saturated heterocycles. The van der Waals surface area contributed by atoms with Crippen molar-refractivity contribution in [2.75, 3.05) is 13.1 Å². The van der Waals surface area contributed by atoms with Gasteiger partial charge in [0.1, 0.15) is 0 Å². The summed E-state index contributed by atoms with van der Waals surface area (Å²) in [5, 5.41) is 9.06. The largest absolute Gasteiger partial charge is 0.481 e. The molecule has 3 N–H and O–H groups in total. The number of aliphatic carboxylic acids is 1. The Labute approximate surface area is 89.2 Å². The molecule has 0 spiro atoms. The maximum Gasteiger partial charge on any atom is 0.314 e. The number of amides is 2. The Hall–Kier alpha value is -1.26. The maximum absolute atomic E-state index is 11.0. The van der Waals surface area contributed by atoms with Gasteiger partial charge in [0.15, 0.2) is 0 Å². The SMILES string of the molecule is CC(C)(C(=O)O)C1CCN(C(N)=O)CC1. The van der Waals surface area contributed by atoms with Crippen molar-refractivity contribution < 1.29 is 14.7 Å². The number of carboxylic acids is 1. The lowest BCUT2D eigenvalue weighted by atomic mass is 9.74. The normalized spacial score (nSPS) is 18.9. The first-order valence-corrected chi connectivity index (χ1v) is 5.13. The van der Waals surface area contributed by atoms with Gasteiger partial charge in [-0.25, -0.2) is 4.79 Å². The van der Waals surface area contributed by atoms with Crippen LogP contribution in [0.25, 0.3) is 0 Å². The fourth-order valence-corrected chi connectivity index (χ4v) is 2.00. The maximum atomic E-state index is 11.0. The fraction of sp³-hybridized carbons (Fsp3) is 0.800. The second-order valence-electron chi connectivity index (χ2n) is 4.63. The van der Waals surface area contributed by atoms with E-state index in [4.69, 9.17) is 10.8 Å². The topological polar surface area (TPSA) is 83.6 Å². The average Bonchev–Trinajstić information content (AvgIpc) is 2.17. The first-order chi connectivity index (χ1) is 6.85. The molecule has 2 amide bonds. The van der Waals surface area contributed by atoms with E-state index in [1.165, 1.54) is 0 Å². The van der Waals surface area contributed by atoms with Crippen LogP contribution in [0.4, 0.5) is 4.79 Å². The van der Waals surface area contributed by atoms with E-state index in [9.17, 15) is 9.59 Å². The first-order valence-electron chi connectivity index (χ1n) is 5.13. The Morgan fingerprint density at radius 1 is 1.33 bits per heavy atom. The van der Waals surface area contributed by atoms with Gasteiger partial charge in [0.25, 0.3) is 0 Å². The fourth-order valence-electron chi connectivity index (χ4n) is 2.00. The van der Waals surface area contributed by atoms with Crippen LogP contribution < -0.4 is 5.73 Å². The highest BCUT2D eigenvalue weighted by Gasteiger charge is 2.38. The van der Waals surface area contributed by atoms with Crippen LogP contribution in [-0.2, 0) is 4.79 Å². The molecule has 86 valence electrons. The number of piperidine rings is 1. The lowest BCUT2D eigenvalue weighted by Gasteiger charge is -2.37. The molecule has 1 aliphatic heterocycles. The lowest BCUT2D eigenvalue weighted by molar-refractivity contribution is -0.151. The number of nitrogens with two attached hydrogens (primary N) is 1. The van der Waals surface area contributed by atoms with Crippen LogP contribution in [-0.4, -0.2) is 35.1 Å². The molecule has 0 atom stereocenters. The predicted octanol–water partition coefficient (Wildman–Crippen LogP) is 0.888. The minimum Gasteiger partial charge on any atom is -0.481 e. The molecule has 0 aromatic carbocycles. The van der Waals surface area contributed by atoms with Gasteiger partial charge in [-0.05, 0) is 32.6 Å². The van der Waals surface area contributed by atoms with Crippen molar-refractivity contribution in [2.24, 2.45) is 17.1 Å². The Morgan fingerprint density at radius 3 is 2.13 bits per heavy atom. The molecular weight excluding hydrogens is 196 g/mol. The number of rotatable bonds is 2. The van der Waals surface area contributed by atoms with Crippen LogP contribution in [0.3, 0.4) is 0 Å². The molecule has 15 heavy (non-hydrogen) atoms. The summed E-state index contributed by atoms with van der Waals surface area (Å²) in [7, 11) is 0. The van der Waals surface area contributed by atoms with Gasteiger partial charge in [-0.15, -0.1) is 0 Å². The van der Waals surface area contributed by atoms with E-state index >= 15 is 0 Å². The van der Waals surface area contributed by atoms with Gasteiger partial charge in [-0.3, -0.25) is 4.79 Å². The van der Waals surface area contributed by atoms with E-state index in [0.717, 1.165) is 0 Å². The Balaban J connectivity index is 2.57. The molecule has 1 fully saturated rings. The molecule has 0 aliphatic carbocycles. The number of primary amides is 1. The predicted molar refractivity (Wildman–Crippen MR) is 55.3 cm³/mol. The van der Waals surface area contributed by atoms with E-state index in [2.05, 4.69) is 0 Å². The molecule has 1 rings (SSSR count). The molecule has 5 heteroatoms. The Kier molecular flexibility index (Phi) is 3.21. The van der Waals surface area contributed by atoms with Crippen molar-refractivity contribution in [1.29, 1.82) is 0 Å². The minimum atomic E-state index is -0.778. The molecule has 1 aliphatic rings. The monoisotopic (exact) mass is 214 g/mol. The number of hydrogen-bond donors (Lipinski definition) is 2. The number of carboxylic acid groups (broad SMARTS) is 1. The number of carbonyl (C=O) groups is 2. The summed E-state index contributed by atoms with van der Waals surface area (Å²) in [4.78, 5) is 23.5. The zero-order chi connectivity index (χ0) is 11.6. The zero-order valence-electron chi connectivity index (χ0n) is 9.19. The van der Waals surface area contributed by atoms with Crippen molar-refractivity contribution in [2.45, 2.75) is 26.7 Å². The molecule has 0 bridgehead atoms. The molecular formula is C10H18N2O3. The average molecular weight is 214 g/mol. The van der Waals surface area contributed by atoms with Gasteiger partial charge in [0, 0.05) is 13.1 Å². The quantitative estimate of drug-likeness (QED) is 0.716. The van der Waals surface area contributed by atoms with Gasteiger partial charge < -0.3 is 15.7 Å². The third kappa shape index (κ3) is 2.40. The highest BCUT2D eigenvalue weighted by atomic mass is 16.4. The number of likely N-dealkylation sites (tertiary alicyclic amines) is 1. The van der Waals surface area contributed by atoms with Gasteiger partial charge in [-0.2, -0.15) is 0 Å². The summed E-state index contributed by atoms with van der Waals surface area (Å²) in [6.07, 6.45) is 1.42. The first kappa shape index (κ1) is 11.8. The molecule has 0 aromatic rings. The van der Waals surface area contributed by atoms with Crippen molar-refractivity contribution in [1.82, 2.24) is 4.90 Å². The van der Waals surface area contributed by atoms with Crippen LogP contribution >= 0.6 is 0 Å². The molecule has 1 heterocycles. The van der Waals surface area contributed by atoms with Crippen LogP contribution in [0.2, 0.25) is 0 Å². The zero-order valence-corrected chi connectivity index (χ0v) is 9.19. The van der Waals surface area contributed by atoms with E-state index in [-0.39, 0.29) is 5.92 Å². The number of carbonyl (C=O) groups excluding carboxylic acids is 1. The second kappa shape index (κ2) is 4.08. The smallest absolute Gasteiger partial charge is 0.314 e. The highest BCUT2D eigenvalue weighted by Crippen LogP contribution is 2.35. The van der Waals surface area contributed by atoms with Gasteiger partial charge >= 0.3 is 12.0 Å². The minimum absolute atomic E-state index is 0.116. The van der Waals surface area contributed by atoms with Gasteiger partial charge in [-0.1, -0.05) is 0 Å². The van der Waals surface area contributed by atoms with Gasteiger partial charge in [0.05, 0.1) is 5.41 Å². The number of hydrogen-bond acceptors (Lipinski definition) is 2. The summed E-state index contributed by atoms with van der Waals surface area (Å²) in [5.41, 5.74) is 4.43. The Morgan fingerprint density at radius 2 is 1.80 bits per heavy atom.